The van der Waals surface area contributed by atoms with Crippen LogP contribution >= 0.6 is 0 Å². The first-order chi connectivity index (χ1) is 8.93. The van der Waals surface area contributed by atoms with Crippen LogP contribution in [0.2, 0.25) is 0 Å². The zero-order valence-corrected chi connectivity index (χ0v) is 12.1. The first kappa shape index (κ1) is 15.6. The van der Waals surface area contributed by atoms with E-state index in [0.717, 1.165) is 30.6 Å². The Hall–Kier alpha value is -1.49. The normalized spacial score (nSPS) is 12.7. The molecule has 0 saturated heterocycles. The topological polar surface area (TPSA) is 68.1 Å². The molecule has 1 aromatic rings. The number of nitrogens with one attached hydrogen (secondary N) is 1. The van der Waals surface area contributed by atoms with E-state index in [9.17, 15) is 10.1 Å². The molecule has 0 aliphatic carbocycles. The highest BCUT2D eigenvalue weighted by molar-refractivity contribution is 5.33. The van der Waals surface area contributed by atoms with Crippen LogP contribution in [0.5, 0.6) is 0 Å². The lowest BCUT2D eigenvalue weighted by molar-refractivity contribution is -0.385. The van der Waals surface area contributed by atoms with Gasteiger partial charge in [-0.2, -0.15) is 0 Å². The first-order valence-corrected chi connectivity index (χ1v) is 6.77. The quantitative estimate of drug-likeness (QED) is 0.608. The Labute approximate surface area is 114 Å². The van der Waals surface area contributed by atoms with Crippen molar-refractivity contribution in [3.63, 3.8) is 0 Å². The van der Waals surface area contributed by atoms with Gasteiger partial charge in [0, 0.05) is 24.2 Å². The van der Waals surface area contributed by atoms with Crippen molar-refractivity contribution in [2.24, 2.45) is 5.92 Å². The number of aromatic nitrogens is 1. The van der Waals surface area contributed by atoms with Gasteiger partial charge in [-0.05, 0) is 31.4 Å². The van der Waals surface area contributed by atoms with E-state index >= 15 is 0 Å². The zero-order chi connectivity index (χ0) is 14.4. The Balaban J connectivity index is 2.81. The summed E-state index contributed by atoms with van der Waals surface area (Å²) in [5.41, 5.74) is 1.89. The van der Waals surface area contributed by atoms with Gasteiger partial charge in [-0.25, -0.2) is 0 Å². The molecule has 19 heavy (non-hydrogen) atoms. The molecule has 1 heterocycles. The number of nitro groups is 1. The second-order valence-corrected chi connectivity index (χ2v) is 5.30. The third kappa shape index (κ3) is 4.95. The smallest absolute Gasteiger partial charge is 0.287 e. The number of hydrogen-bond acceptors (Lipinski definition) is 4. The minimum atomic E-state index is -0.403. The van der Waals surface area contributed by atoms with Crippen molar-refractivity contribution in [3.8, 4) is 0 Å². The Bertz CT molecular complexity index is 433. The number of hydrogen-bond donors (Lipinski definition) is 1. The first-order valence-electron chi connectivity index (χ1n) is 6.77. The SMILES string of the molecule is CCNC(Cc1ncc([N+](=O)[O-])cc1C)CC(C)C. The predicted octanol–water partition coefficient (Wildman–Crippen LogP) is 2.86. The van der Waals surface area contributed by atoms with Crippen LogP contribution in [0.1, 0.15) is 38.4 Å². The number of likely N-dealkylation sites (N-methyl/N-ethyl adjacent to an activating group) is 1. The molecule has 5 heteroatoms. The van der Waals surface area contributed by atoms with Crippen LogP contribution in [0, 0.1) is 23.0 Å². The summed E-state index contributed by atoms with van der Waals surface area (Å²) >= 11 is 0. The molecule has 106 valence electrons. The van der Waals surface area contributed by atoms with Crippen LogP contribution in [0.15, 0.2) is 12.3 Å². The average Bonchev–Trinajstić information content (AvgIpc) is 2.31. The number of aryl methyl sites for hydroxylation is 1. The highest BCUT2D eigenvalue weighted by atomic mass is 16.6. The number of pyridine rings is 1. The second kappa shape index (κ2) is 7.19. The maximum absolute atomic E-state index is 10.7. The van der Waals surface area contributed by atoms with Crippen LogP contribution in [0.3, 0.4) is 0 Å². The van der Waals surface area contributed by atoms with Gasteiger partial charge in [-0.15, -0.1) is 0 Å². The van der Waals surface area contributed by atoms with Gasteiger partial charge in [-0.1, -0.05) is 20.8 Å². The fourth-order valence-corrected chi connectivity index (χ4v) is 2.23. The Morgan fingerprint density at radius 1 is 1.47 bits per heavy atom. The number of rotatable bonds is 7. The highest BCUT2D eigenvalue weighted by Gasteiger charge is 2.15. The molecule has 0 aromatic carbocycles. The fraction of sp³-hybridized carbons (Fsp3) is 0.643. The lowest BCUT2D eigenvalue weighted by Crippen LogP contribution is -2.32. The molecule has 0 radical (unpaired) electrons. The summed E-state index contributed by atoms with van der Waals surface area (Å²) in [5.74, 6) is 0.613. The summed E-state index contributed by atoms with van der Waals surface area (Å²) in [4.78, 5) is 14.5. The van der Waals surface area contributed by atoms with Crippen LogP contribution in [0.4, 0.5) is 5.69 Å². The van der Waals surface area contributed by atoms with E-state index in [2.05, 4.69) is 31.1 Å². The standard InChI is InChI=1S/C14H23N3O2/c1-5-15-12(6-10(2)3)8-14-11(4)7-13(9-16-14)17(18)19/h7,9-10,12,15H,5-6,8H2,1-4H3. The maximum atomic E-state index is 10.7. The minimum absolute atomic E-state index is 0.0603. The van der Waals surface area contributed by atoms with Gasteiger partial charge in [0.1, 0.15) is 6.20 Å². The zero-order valence-electron chi connectivity index (χ0n) is 12.1. The number of nitrogens with zero attached hydrogens (tertiary/aromatic N) is 2. The maximum Gasteiger partial charge on any atom is 0.287 e. The highest BCUT2D eigenvalue weighted by Crippen LogP contribution is 2.17. The van der Waals surface area contributed by atoms with E-state index < -0.39 is 4.92 Å². The summed E-state index contributed by atoms with van der Waals surface area (Å²) < 4.78 is 0. The Morgan fingerprint density at radius 3 is 2.63 bits per heavy atom. The van der Waals surface area contributed by atoms with Gasteiger partial charge in [0.2, 0.25) is 0 Å². The summed E-state index contributed by atoms with van der Waals surface area (Å²) in [7, 11) is 0. The molecule has 1 N–H and O–H groups in total. The predicted molar refractivity (Wildman–Crippen MR) is 76.3 cm³/mol. The molecule has 1 rings (SSSR count). The van der Waals surface area contributed by atoms with Crippen molar-refractivity contribution in [3.05, 3.63) is 33.6 Å². The third-order valence-electron chi connectivity index (χ3n) is 3.07. The van der Waals surface area contributed by atoms with Crippen LogP contribution in [-0.2, 0) is 6.42 Å². The lowest BCUT2D eigenvalue weighted by Gasteiger charge is -2.20. The van der Waals surface area contributed by atoms with Crippen LogP contribution in [0.25, 0.3) is 0 Å². The van der Waals surface area contributed by atoms with Crippen LogP contribution < -0.4 is 5.32 Å². The van der Waals surface area contributed by atoms with Crippen molar-refractivity contribution in [2.75, 3.05) is 6.54 Å². The molecule has 0 bridgehead atoms. The monoisotopic (exact) mass is 265 g/mol. The third-order valence-corrected chi connectivity index (χ3v) is 3.07. The average molecular weight is 265 g/mol. The van der Waals surface area contributed by atoms with Crippen molar-refractivity contribution in [1.82, 2.24) is 10.3 Å². The fourth-order valence-electron chi connectivity index (χ4n) is 2.23. The summed E-state index contributed by atoms with van der Waals surface area (Å²) in [5, 5.41) is 14.1. The molecular formula is C14H23N3O2. The minimum Gasteiger partial charge on any atom is -0.314 e. The van der Waals surface area contributed by atoms with Gasteiger partial charge in [0.15, 0.2) is 0 Å². The molecule has 0 amide bonds. The molecule has 1 unspecified atom stereocenters. The van der Waals surface area contributed by atoms with Gasteiger partial charge in [0.05, 0.1) is 4.92 Å². The molecule has 1 aromatic heterocycles. The molecule has 0 aliphatic rings. The van der Waals surface area contributed by atoms with Gasteiger partial charge < -0.3 is 5.32 Å². The van der Waals surface area contributed by atoms with E-state index in [1.165, 1.54) is 6.20 Å². The molecule has 5 nitrogen and oxygen atoms in total. The van der Waals surface area contributed by atoms with E-state index in [1.807, 2.05) is 6.92 Å². The summed E-state index contributed by atoms with van der Waals surface area (Å²) in [6.45, 7) is 9.28. The van der Waals surface area contributed by atoms with E-state index in [4.69, 9.17) is 0 Å². The Kier molecular flexibility index (Phi) is 5.89. The summed E-state index contributed by atoms with van der Waals surface area (Å²) in [6, 6.07) is 1.97. The summed E-state index contributed by atoms with van der Waals surface area (Å²) in [6.07, 6.45) is 3.24. The van der Waals surface area contributed by atoms with Crippen LogP contribution in [-0.4, -0.2) is 22.5 Å². The molecule has 0 fully saturated rings. The molecule has 0 spiro atoms. The molecule has 1 atom stereocenters. The van der Waals surface area contributed by atoms with Crippen molar-refractivity contribution in [2.45, 2.75) is 46.6 Å². The van der Waals surface area contributed by atoms with E-state index in [-0.39, 0.29) is 5.69 Å². The van der Waals surface area contributed by atoms with Gasteiger partial charge in [0.25, 0.3) is 5.69 Å². The van der Waals surface area contributed by atoms with Crippen molar-refractivity contribution < 1.29 is 4.92 Å². The Morgan fingerprint density at radius 2 is 2.16 bits per heavy atom. The van der Waals surface area contributed by atoms with Crippen molar-refractivity contribution in [1.29, 1.82) is 0 Å². The lowest BCUT2D eigenvalue weighted by atomic mass is 9.98. The van der Waals surface area contributed by atoms with Gasteiger partial charge >= 0.3 is 0 Å². The van der Waals surface area contributed by atoms with E-state index in [1.54, 1.807) is 6.07 Å². The molecule has 0 saturated carbocycles. The van der Waals surface area contributed by atoms with Gasteiger partial charge in [-0.3, -0.25) is 15.1 Å². The molecular weight excluding hydrogens is 242 g/mol. The van der Waals surface area contributed by atoms with Crippen molar-refractivity contribution >= 4 is 5.69 Å². The second-order valence-electron chi connectivity index (χ2n) is 5.30. The largest absolute Gasteiger partial charge is 0.314 e. The molecule has 0 aliphatic heterocycles. The van der Waals surface area contributed by atoms with E-state index in [0.29, 0.717) is 12.0 Å².